The first-order valence-electron chi connectivity index (χ1n) is 8.97. The number of rotatable bonds is 1. The second-order valence-corrected chi connectivity index (χ2v) is 8.97. The lowest BCUT2D eigenvalue weighted by Gasteiger charge is -2.27. The summed E-state index contributed by atoms with van der Waals surface area (Å²) in [7, 11) is 1.68. The monoisotopic (exact) mass is 456 g/mol. The number of carbonyl (C=O) groups excluding carboxylic acids is 1. The highest BCUT2D eigenvalue weighted by Gasteiger charge is 2.28. The van der Waals surface area contributed by atoms with Gasteiger partial charge in [-0.05, 0) is 34.5 Å². The highest BCUT2D eigenvalue weighted by atomic mass is 79.9. The second-order valence-electron chi connectivity index (χ2n) is 7.12. The topological polar surface area (TPSA) is 71.0 Å². The predicted octanol–water partition coefficient (Wildman–Crippen LogP) is 3.75. The average molecular weight is 457 g/mol. The van der Waals surface area contributed by atoms with Crippen LogP contribution in [0.5, 0.6) is 0 Å². The van der Waals surface area contributed by atoms with E-state index < -0.39 is 0 Å². The molecule has 0 saturated carbocycles. The number of nitrogens with zero attached hydrogens (tertiary/aromatic N) is 3. The molecule has 142 valence electrons. The van der Waals surface area contributed by atoms with E-state index in [9.17, 15) is 9.59 Å². The van der Waals surface area contributed by atoms with Crippen LogP contribution in [0.3, 0.4) is 0 Å². The van der Waals surface area contributed by atoms with Crippen LogP contribution in [0.4, 0.5) is 0 Å². The zero-order chi connectivity index (χ0) is 19.6. The third-order valence-electron chi connectivity index (χ3n) is 5.45. The number of fused-ring (bicyclic) bond motifs is 4. The van der Waals surface area contributed by atoms with Crippen LogP contribution in [0, 0.1) is 6.92 Å². The Kier molecular flexibility index (Phi) is 3.96. The largest absolute Gasteiger partial charge is 0.357 e. The number of halogens is 1. The SMILES string of the molecule is Cc1c(C(=O)N2CCc3[nH]c4c(Br)cccc4c3C2)sc2ncn(C)c(=O)c12. The van der Waals surface area contributed by atoms with Crippen LogP contribution in [0.2, 0.25) is 0 Å². The summed E-state index contributed by atoms with van der Waals surface area (Å²) >= 11 is 4.90. The maximum atomic E-state index is 13.3. The van der Waals surface area contributed by atoms with Gasteiger partial charge in [-0.2, -0.15) is 0 Å². The average Bonchev–Trinajstić information content (AvgIpc) is 3.23. The molecular weight excluding hydrogens is 440 g/mol. The molecule has 0 spiro atoms. The molecule has 4 aromatic rings. The molecule has 0 unspecified atom stereocenters. The molecule has 1 N–H and O–H groups in total. The first kappa shape index (κ1) is 17.6. The smallest absolute Gasteiger partial charge is 0.264 e. The first-order chi connectivity index (χ1) is 13.5. The fourth-order valence-electron chi connectivity index (χ4n) is 3.93. The van der Waals surface area contributed by atoms with Crippen LogP contribution in [0.15, 0.2) is 33.8 Å². The molecule has 1 aliphatic heterocycles. The second kappa shape index (κ2) is 6.28. The van der Waals surface area contributed by atoms with Crippen LogP contribution in [0.1, 0.15) is 26.5 Å². The Hall–Kier alpha value is -2.45. The maximum absolute atomic E-state index is 13.3. The fraction of sp³-hybridized carbons (Fsp3) is 0.250. The quantitative estimate of drug-likeness (QED) is 0.474. The van der Waals surface area contributed by atoms with E-state index in [0.717, 1.165) is 27.4 Å². The molecule has 1 aliphatic rings. The Morgan fingerprint density at radius 2 is 2.18 bits per heavy atom. The van der Waals surface area contributed by atoms with E-state index in [0.29, 0.717) is 28.2 Å². The van der Waals surface area contributed by atoms with E-state index in [1.807, 2.05) is 24.0 Å². The summed E-state index contributed by atoms with van der Waals surface area (Å²) in [6, 6.07) is 6.11. The summed E-state index contributed by atoms with van der Waals surface area (Å²) in [5, 5.41) is 1.69. The van der Waals surface area contributed by atoms with Crippen molar-refractivity contribution >= 4 is 54.3 Å². The molecule has 6 nitrogen and oxygen atoms in total. The molecule has 0 bridgehead atoms. The molecule has 3 aromatic heterocycles. The van der Waals surface area contributed by atoms with Crippen molar-refractivity contribution in [3.63, 3.8) is 0 Å². The standard InChI is InChI=1S/C20H17BrN4O2S/c1-10-15-18(22-9-24(2)19(15)26)28-17(10)20(27)25-7-6-14-12(8-25)11-4-3-5-13(21)16(11)23-14/h3-5,9,23H,6-8H2,1-2H3. The van der Waals surface area contributed by atoms with Gasteiger partial charge in [-0.25, -0.2) is 4.98 Å². The van der Waals surface area contributed by atoms with Gasteiger partial charge in [0.05, 0.1) is 22.1 Å². The van der Waals surface area contributed by atoms with Gasteiger partial charge in [0.15, 0.2) is 0 Å². The van der Waals surface area contributed by atoms with Crippen LogP contribution < -0.4 is 5.56 Å². The van der Waals surface area contributed by atoms with E-state index in [-0.39, 0.29) is 11.5 Å². The Bertz CT molecular complexity index is 1330. The number of carbonyl (C=O) groups is 1. The number of aromatic nitrogens is 3. The fourth-order valence-corrected chi connectivity index (χ4v) is 5.50. The van der Waals surface area contributed by atoms with Gasteiger partial charge in [0, 0.05) is 47.7 Å². The van der Waals surface area contributed by atoms with Crippen molar-refractivity contribution in [1.82, 2.24) is 19.4 Å². The minimum atomic E-state index is -0.111. The number of thiophene rings is 1. The number of para-hydroxylation sites is 1. The van der Waals surface area contributed by atoms with Gasteiger partial charge >= 0.3 is 0 Å². The molecule has 0 fully saturated rings. The Balaban J connectivity index is 1.56. The molecule has 0 atom stereocenters. The molecule has 5 rings (SSSR count). The number of H-pyrrole nitrogens is 1. The van der Waals surface area contributed by atoms with Crippen LogP contribution in [-0.2, 0) is 20.0 Å². The maximum Gasteiger partial charge on any atom is 0.264 e. The van der Waals surface area contributed by atoms with Crippen molar-refractivity contribution in [3.8, 4) is 0 Å². The van der Waals surface area contributed by atoms with Crippen molar-refractivity contribution in [2.45, 2.75) is 19.9 Å². The molecule has 28 heavy (non-hydrogen) atoms. The van der Waals surface area contributed by atoms with E-state index in [1.165, 1.54) is 33.5 Å². The first-order valence-corrected chi connectivity index (χ1v) is 10.6. The summed E-state index contributed by atoms with van der Waals surface area (Å²) in [6.07, 6.45) is 2.29. The van der Waals surface area contributed by atoms with E-state index >= 15 is 0 Å². The summed E-state index contributed by atoms with van der Waals surface area (Å²) in [4.78, 5) is 36.7. The van der Waals surface area contributed by atoms with Crippen molar-refractivity contribution in [2.24, 2.45) is 7.05 Å². The van der Waals surface area contributed by atoms with Crippen molar-refractivity contribution < 1.29 is 4.79 Å². The molecule has 0 aliphatic carbocycles. The van der Waals surface area contributed by atoms with Gasteiger partial charge in [0.1, 0.15) is 4.83 Å². The number of aromatic amines is 1. The number of amides is 1. The Morgan fingerprint density at radius 3 is 3.00 bits per heavy atom. The number of hydrogen-bond acceptors (Lipinski definition) is 4. The molecule has 1 amide bonds. The van der Waals surface area contributed by atoms with Crippen LogP contribution in [-0.4, -0.2) is 31.9 Å². The van der Waals surface area contributed by atoms with Crippen molar-refractivity contribution in [3.05, 3.63) is 61.1 Å². The van der Waals surface area contributed by atoms with Gasteiger partial charge in [-0.3, -0.25) is 9.59 Å². The summed E-state index contributed by atoms with van der Waals surface area (Å²) in [5.74, 6) is -0.0300. The summed E-state index contributed by atoms with van der Waals surface area (Å²) in [6.45, 7) is 3.05. The normalized spacial score (nSPS) is 14.0. The lowest BCUT2D eigenvalue weighted by atomic mass is 10.0. The number of nitrogens with one attached hydrogen (secondary N) is 1. The molecule has 4 heterocycles. The van der Waals surface area contributed by atoms with Crippen LogP contribution in [0.25, 0.3) is 21.1 Å². The van der Waals surface area contributed by atoms with Gasteiger partial charge in [-0.1, -0.05) is 12.1 Å². The Labute approximate surface area is 172 Å². The summed E-state index contributed by atoms with van der Waals surface area (Å²) in [5.41, 5.74) is 4.05. The molecule has 8 heteroatoms. The summed E-state index contributed by atoms with van der Waals surface area (Å²) < 4.78 is 2.48. The molecule has 1 aromatic carbocycles. The Morgan fingerprint density at radius 1 is 1.36 bits per heavy atom. The third-order valence-corrected chi connectivity index (χ3v) is 7.30. The highest BCUT2D eigenvalue weighted by Crippen LogP contribution is 2.34. The third kappa shape index (κ3) is 2.48. The molecule has 0 saturated heterocycles. The zero-order valence-electron chi connectivity index (χ0n) is 15.4. The number of benzene rings is 1. The minimum Gasteiger partial charge on any atom is -0.357 e. The van der Waals surface area contributed by atoms with Gasteiger partial charge in [-0.15, -0.1) is 11.3 Å². The van der Waals surface area contributed by atoms with Crippen molar-refractivity contribution in [2.75, 3.05) is 6.54 Å². The van der Waals surface area contributed by atoms with E-state index in [1.54, 1.807) is 7.05 Å². The zero-order valence-corrected chi connectivity index (χ0v) is 17.8. The number of hydrogen-bond donors (Lipinski definition) is 1. The predicted molar refractivity (Wildman–Crippen MR) is 114 cm³/mol. The van der Waals surface area contributed by atoms with E-state index in [4.69, 9.17) is 0 Å². The van der Waals surface area contributed by atoms with Crippen molar-refractivity contribution in [1.29, 1.82) is 0 Å². The lowest BCUT2D eigenvalue weighted by molar-refractivity contribution is 0.0739. The van der Waals surface area contributed by atoms with Gasteiger partial charge in [0.2, 0.25) is 0 Å². The molecule has 0 radical (unpaired) electrons. The van der Waals surface area contributed by atoms with Gasteiger partial charge in [0.25, 0.3) is 11.5 Å². The lowest BCUT2D eigenvalue weighted by Crippen LogP contribution is -2.35. The van der Waals surface area contributed by atoms with Gasteiger partial charge < -0.3 is 14.5 Å². The molecular formula is C20H17BrN4O2S. The number of aryl methyl sites for hydroxylation is 2. The highest BCUT2D eigenvalue weighted by molar-refractivity contribution is 9.10. The van der Waals surface area contributed by atoms with E-state index in [2.05, 4.69) is 32.0 Å². The van der Waals surface area contributed by atoms with Crippen LogP contribution >= 0.6 is 27.3 Å². The minimum absolute atomic E-state index is 0.0300.